The summed E-state index contributed by atoms with van der Waals surface area (Å²) in [5.41, 5.74) is 1.25. The van der Waals surface area contributed by atoms with E-state index < -0.39 is 5.63 Å². The smallest absolute Gasteiger partial charge is 0.344 e. The second-order valence-corrected chi connectivity index (χ2v) is 4.40. The Balaban J connectivity index is 2.22. The highest BCUT2D eigenvalue weighted by Gasteiger charge is 2.08. The summed E-state index contributed by atoms with van der Waals surface area (Å²) >= 11 is 0. The van der Waals surface area contributed by atoms with Gasteiger partial charge in [0.05, 0.1) is 12.7 Å². The first-order chi connectivity index (χ1) is 9.67. The van der Waals surface area contributed by atoms with Gasteiger partial charge in [-0.25, -0.2) is 4.79 Å². The van der Waals surface area contributed by atoms with Crippen LogP contribution in [0, 0.1) is 0 Å². The third-order valence-corrected chi connectivity index (χ3v) is 3.12. The summed E-state index contributed by atoms with van der Waals surface area (Å²) in [5, 5.41) is 10.1. The van der Waals surface area contributed by atoms with Crippen molar-refractivity contribution >= 4 is 11.0 Å². The van der Waals surface area contributed by atoms with Crippen LogP contribution in [0.2, 0.25) is 0 Å². The Kier molecular flexibility index (Phi) is 2.91. The highest BCUT2D eigenvalue weighted by atomic mass is 16.5. The summed E-state index contributed by atoms with van der Waals surface area (Å²) < 4.78 is 10.5. The average Bonchev–Trinajstić information content (AvgIpc) is 2.47. The molecule has 1 N–H and O–H groups in total. The van der Waals surface area contributed by atoms with Gasteiger partial charge in [0.1, 0.15) is 17.1 Å². The maximum atomic E-state index is 12.0. The van der Waals surface area contributed by atoms with Gasteiger partial charge in [-0.3, -0.25) is 0 Å². The normalized spacial score (nSPS) is 10.7. The van der Waals surface area contributed by atoms with Crippen LogP contribution in [0.5, 0.6) is 11.5 Å². The minimum absolute atomic E-state index is 0.153. The van der Waals surface area contributed by atoms with Gasteiger partial charge in [-0.2, -0.15) is 0 Å². The molecular weight excluding hydrogens is 256 g/mol. The molecule has 3 aromatic rings. The highest BCUT2D eigenvalue weighted by molar-refractivity contribution is 5.82. The molecular formula is C16H12O4. The van der Waals surface area contributed by atoms with E-state index in [9.17, 15) is 9.90 Å². The summed E-state index contributed by atoms with van der Waals surface area (Å²) in [6.45, 7) is 0. The van der Waals surface area contributed by atoms with Gasteiger partial charge in [-0.15, -0.1) is 0 Å². The zero-order valence-corrected chi connectivity index (χ0v) is 10.8. The second-order valence-electron chi connectivity index (χ2n) is 4.40. The van der Waals surface area contributed by atoms with E-state index in [4.69, 9.17) is 9.15 Å². The Morgan fingerprint density at radius 3 is 2.50 bits per heavy atom. The largest absolute Gasteiger partial charge is 0.508 e. The standard InChI is InChI=1S/C16H12O4/c1-19-13-6-7-15-11(8-13)9-14(16(18)20-15)10-2-4-12(17)5-3-10/h2-9,17H,1H3. The summed E-state index contributed by atoms with van der Waals surface area (Å²) in [6, 6.07) is 13.4. The van der Waals surface area contributed by atoms with Crippen LogP contribution < -0.4 is 10.4 Å². The Morgan fingerprint density at radius 1 is 1.05 bits per heavy atom. The lowest BCUT2D eigenvalue weighted by Crippen LogP contribution is -2.02. The topological polar surface area (TPSA) is 59.7 Å². The highest BCUT2D eigenvalue weighted by Crippen LogP contribution is 2.25. The number of phenolic OH excluding ortho intramolecular Hbond substituents is 1. The van der Waals surface area contributed by atoms with E-state index in [0.717, 1.165) is 5.39 Å². The van der Waals surface area contributed by atoms with Crippen LogP contribution >= 0.6 is 0 Å². The number of benzene rings is 2. The van der Waals surface area contributed by atoms with Gasteiger partial charge in [0, 0.05) is 5.39 Å². The van der Waals surface area contributed by atoms with E-state index in [1.165, 1.54) is 12.1 Å². The Bertz CT molecular complexity index is 816. The lowest BCUT2D eigenvalue weighted by Gasteiger charge is -2.04. The van der Waals surface area contributed by atoms with Crippen LogP contribution in [0.1, 0.15) is 0 Å². The van der Waals surface area contributed by atoms with E-state index >= 15 is 0 Å². The van der Waals surface area contributed by atoms with Gasteiger partial charge in [0.15, 0.2) is 0 Å². The van der Waals surface area contributed by atoms with Gasteiger partial charge < -0.3 is 14.3 Å². The molecule has 20 heavy (non-hydrogen) atoms. The minimum atomic E-state index is -0.409. The van der Waals surface area contributed by atoms with Crippen molar-refractivity contribution in [2.45, 2.75) is 0 Å². The first-order valence-electron chi connectivity index (χ1n) is 6.09. The molecule has 4 nitrogen and oxygen atoms in total. The molecule has 0 aliphatic rings. The van der Waals surface area contributed by atoms with Crippen molar-refractivity contribution in [2.75, 3.05) is 7.11 Å². The van der Waals surface area contributed by atoms with E-state index in [0.29, 0.717) is 22.5 Å². The average molecular weight is 268 g/mol. The molecule has 0 atom stereocenters. The summed E-state index contributed by atoms with van der Waals surface area (Å²) in [7, 11) is 1.58. The van der Waals surface area contributed by atoms with Gasteiger partial charge in [0.25, 0.3) is 0 Å². The molecule has 0 bridgehead atoms. The molecule has 0 fully saturated rings. The van der Waals surface area contributed by atoms with Crippen LogP contribution in [-0.2, 0) is 0 Å². The van der Waals surface area contributed by atoms with E-state index in [-0.39, 0.29) is 5.75 Å². The van der Waals surface area contributed by atoms with Crippen molar-refractivity contribution in [1.82, 2.24) is 0 Å². The molecule has 0 aliphatic carbocycles. The molecule has 0 amide bonds. The number of hydrogen-bond acceptors (Lipinski definition) is 4. The molecule has 3 rings (SSSR count). The van der Waals surface area contributed by atoms with Crippen LogP contribution in [-0.4, -0.2) is 12.2 Å². The number of phenols is 1. The molecule has 100 valence electrons. The molecule has 4 heteroatoms. The van der Waals surface area contributed by atoms with Gasteiger partial charge in [-0.05, 0) is 42.0 Å². The van der Waals surface area contributed by atoms with E-state index in [1.54, 1.807) is 37.4 Å². The third-order valence-electron chi connectivity index (χ3n) is 3.12. The number of ether oxygens (including phenoxy) is 1. The van der Waals surface area contributed by atoms with Crippen molar-refractivity contribution < 1.29 is 14.3 Å². The number of fused-ring (bicyclic) bond motifs is 1. The maximum absolute atomic E-state index is 12.0. The summed E-state index contributed by atoms with van der Waals surface area (Å²) in [5.74, 6) is 0.851. The van der Waals surface area contributed by atoms with Gasteiger partial charge >= 0.3 is 5.63 Å². The Morgan fingerprint density at radius 2 is 1.80 bits per heavy atom. The Hall–Kier alpha value is -2.75. The van der Waals surface area contributed by atoms with Crippen molar-refractivity contribution in [3.8, 4) is 22.6 Å². The van der Waals surface area contributed by atoms with Gasteiger partial charge in [-0.1, -0.05) is 12.1 Å². The number of rotatable bonds is 2. The predicted molar refractivity (Wildman–Crippen MR) is 76.1 cm³/mol. The fourth-order valence-corrected chi connectivity index (χ4v) is 2.07. The van der Waals surface area contributed by atoms with Crippen LogP contribution in [0.4, 0.5) is 0 Å². The SMILES string of the molecule is COc1ccc2oc(=O)c(-c3ccc(O)cc3)cc2c1. The first kappa shape index (κ1) is 12.3. The van der Waals surface area contributed by atoms with Crippen LogP contribution in [0.15, 0.2) is 57.7 Å². The fourth-order valence-electron chi connectivity index (χ4n) is 2.07. The van der Waals surface area contributed by atoms with Crippen LogP contribution in [0.3, 0.4) is 0 Å². The van der Waals surface area contributed by atoms with Crippen molar-refractivity contribution in [3.63, 3.8) is 0 Å². The monoisotopic (exact) mass is 268 g/mol. The van der Waals surface area contributed by atoms with Crippen molar-refractivity contribution in [1.29, 1.82) is 0 Å². The molecule has 1 heterocycles. The zero-order valence-electron chi connectivity index (χ0n) is 10.8. The fraction of sp³-hybridized carbons (Fsp3) is 0.0625. The molecule has 0 saturated heterocycles. The lowest BCUT2D eigenvalue weighted by molar-refractivity contribution is 0.415. The van der Waals surface area contributed by atoms with Crippen LogP contribution in [0.25, 0.3) is 22.1 Å². The minimum Gasteiger partial charge on any atom is -0.508 e. The first-order valence-corrected chi connectivity index (χ1v) is 6.09. The van der Waals surface area contributed by atoms with Crippen molar-refractivity contribution in [3.05, 3.63) is 59.0 Å². The van der Waals surface area contributed by atoms with Gasteiger partial charge in [0.2, 0.25) is 0 Å². The number of methoxy groups -OCH3 is 1. The Labute approximate surface area is 114 Å². The number of aromatic hydroxyl groups is 1. The molecule has 0 unspecified atom stereocenters. The third kappa shape index (κ3) is 2.12. The molecule has 0 saturated carbocycles. The molecule has 0 radical (unpaired) electrons. The lowest BCUT2D eigenvalue weighted by atomic mass is 10.1. The van der Waals surface area contributed by atoms with Crippen molar-refractivity contribution in [2.24, 2.45) is 0 Å². The molecule has 2 aromatic carbocycles. The zero-order chi connectivity index (χ0) is 14.1. The summed E-state index contributed by atoms with van der Waals surface area (Å²) in [4.78, 5) is 12.0. The molecule has 1 aromatic heterocycles. The number of hydrogen-bond donors (Lipinski definition) is 1. The predicted octanol–water partition coefficient (Wildman–Crippen LogP) is 3.17. The molecule has 0 aliphatic heterocycles. The van der Waals surface area contributed by atoms with E-state index in [2.05, 4.69) is 0 Å². The quantitative estimate of drug-likeness (QED) is 0.725. The second kappa shape index (κ2) is 4.74. The maximum Gasteiger partial charge on any atom is 0.344 e. The van der Waals surface area contributed by atoms with E-state index in [1.807, 2.05) is 6.07 Å². The summed E-state index contributed by atoms with van der Waals surface area (Å²) in [6.07, 6.45) is 0. The molecule has 0 spiro atoms.